The van der Waals surface area contributed by atoms with E-state index in [2.05, 4.69) is 20.2 Å². The van der Waals surface area contributed by atoms with E-state index in [0.717, 1.165) is 60.8 Å². The minimum Gasteiger partial charge on any atom is -0.486 e. The Hall–Kier alpha value is -3.62. The van der Waals surface area contributed by atoms with E-state index in [4.69, 9.17) is 14.5 Å². The molecule has 3 aromatic rings. The zero-order chi connectivity index (χ0) is 23.3. The van der Waals surface area contributed by atoms with Gasteiger partial charge in [0, 0.05) is 49.7 Å². The normalized spacial score (nSPS) is 17.8. The smallest absolute Gasteiger partial charge is 0.237 e. The Morgan fingerprint density at radius 1 is 1.12 bits per heavy atom. The molecule has 0 bridgehead atoms. The van der Waals surface area contributed by atoms with E-state index >= 15 is 0 Å². The molecule has 2 aromatic heterocycles. The number of benzene rings is 1. The highest BCUT2D eigenvalue weighted by atomic mass is 16.6. The lowest BCUT2D eigenvalue weighted by molar-refractivity contribution is -0.121. The van der Waals surface area contributed by atoms with Crippen molar-refractivity contribution in [1.82, 2.24) is 24.8 Å². The van der Waals surface area contributed by atoms with E-state index in [-0.39, 0.29) is 11.9 Å². The summed E-state index contributed by atoms with van der Waals surface area (Å²) >= 11 is 0. The van der Waals surface area contributed by atoms with Gasteiger partial charge in [0.1, 0.15) is 25.4 Å². The van der Waals surface area contributed by atoms with Gasteiger partial charge < -0.3 is 19.7 Å². The third kappa shape index (κ3) is 5.13. The molecule has 1 N–H and O–H groups in total. The van der Waals surface area contributed by atoms with Crippen molar-refractivity contribution in [1.29, 1.82) is 0 Å². The van der Waals surface area contributed by atoms with Crippen LogP contribution in [0.15, 0.2) is 43.0 Å². The fourth-order valence-electron chi connectivity index (χ4n) is 4.55. The van der Waals surface area contributed by atoms with Crippen LogP contribution in [0.3, 0.4) is 0 Å². The highest BCUT2D eigenvalue weighted by Gasteiger charge is 2.25. The zero-order valence-corrected chi connectivity index (χ0v) is 19.4. The molecular formula is C25H30N6O3. The molecule has 5 rings (SSSR count). The summed E-state index contributed by atoms with van der Waals surface area (Å²) in [5, 5.41) is 3.08. The van der Waals surface area contributed by atoms with Crippen LogP contribution < -0.4 is 19.7 Å². The zero-order valence-electron chi connectivity index (χ0n) is 19.4. The standard InChI is InChI=1S/C25H30N6O3/c1-18-13-23(29-25(28-18)30-10-8-26-17-30)31-9-4-2-3-5-20(31)15-24(32)27-16-19-6-7-21-22(14-19)34-12-11-33-21/h6-8,10,13-14,17,20H,2-5,9,11-12,15-16H2,1H3,(H,27,32). The van der Waals surface area contributed by atoms with Crippen molar-refractivity contribution >= 4 is 11.7 Å². The van der Waals surface area contributed by atoms with Crippen LogP contribution in [0.2, 0.25) is 0 Å². The van der Waals surface area contributed by atoms with Crippen molar-refractivity contribution in [3.05, 3.63) is 54.2 Å². The van der Waals surface area contributed by atoms with Gasteiger partial charge >= 0.3 is 0 Å². The first-order chi connectivity index (χ1) is 16.7. The van der Waals surface area contributed by atoms with E-state index in [1.54, 1.807) is 12.5 Å². The number of ether oxygens (including phenoxy) is 2. The number of carbonyl (C=O) groups excluding carboxylic acids is 1. The molecule has 1 amide bonds. The third-order valence-electron chi connectivity index (χ3n) is 6.25. The predicted octanol–water partition coefficient (Wildman–Crippen LogP) is 3.20. The average Bonchev–Trinajstić information content (AvgIpc) is 3.29. The summed E-state index contributed by atoms with van der Waals surface area (Å²) in [5.41, 5.74) is 1.88. The summed E-state index contributed by atoms with van der Waals surface area (Å²) < 4.78 is 13.0. The first-order valence-electron chi connectivity index (χ1n) is 11.9. The SMILES string of the molecule is Cc1cc(N2CCCCCC2CC(=O)NCc2ccc3c(c2)OCCO3)nc(-n2ccnc2)n1. The Kier molecular flexibility index (Phi) is 6.60. The second-order valence-electron chi connectivity index (χ2n) is 8.79. The Morgan fingerprint density at radius 3 is 2.85 bits per heavy atom. The van der Waals surface area contributed by atoms with Crippen LogP contribution in [0, 0.1) is 6.92 Å². The van der Waals surface area contributed by atoms with E-state index in [9.17, 15) is 4.79 Å². The predicted molar refractivity (Wildman–Crippen MR) is 127 cm³/mol. The first-order valence-corrected chi connectivity index (χ1v) is 11.9. The molecule has 1 unspecified atom stereocenters. The molecule has 2 aliphatic heterocycles. The number of aryl methyl sites for hydroxylation is 1. The largest absolute Gasteiger partial charge is 0.486 e. The highest BCUT2D eigenvalue weighted by molar-refractivity contribution is 5.77. The van der Waals surface area contributed by atoms with Gasteiger partial charge in [0.05, 0.1) is 0 Å². The van der Waals surface area contributed by atoms with Crippen LogP contribution in [-0.2, 0) is 11.3 Å². The van der Waals surface area contributed by atoms with Crippen molar-refractivity contribution < 1.29 is 14.3 Å². The first kappa shape index (κ1) is 22.2. The summed E-state index contributed by atoms with van der Waals surface area (Å²) in [6.45, 7) is 4.42. The molecule has 9 heteroatoms. The number of nitrogens with one attached hydrogen (secondary N) is 1. The monoisotopic (exact) mass is 462 g/mol. The van der Waals surface area contributed by atoms with Crippen LogP contribution in [0.25, 0.3) is 5.95 Å². The lowest BCUT2D eigenvalue weighted by Crippen LogP contribution is -2.40. The summed E-state index contributed by atoms with van der Waals surface area (Å²) in [6.07, 6.45) is 9.98. The summed E-state index contributed by atoms with van der Waals surface area (Å²) in [7, 11) is 0. The van der Waals surface area contributed by atoms with Gasteiger partial charge in [-0.05, 0) is 37.5 Å². The van der Waals surface area contributed by atoms with Crippen LogP contribution in [0.5, 0.6) is 11.5 Å². The fraction of sp³-hybridized carbons (Fsp3) is 0.440. The molecule has 1 aromatic carbocycles. The van der Waals surface area contributed by atoms with Gasteiger partial charge in [-0.25, -0.2) is 9.97 Å². The Bertz CT molecular complexity index is 1130. The van der Waals surface area contributed by atoms with Crippen LogP contribution >= 0.6 is 0 Å². The van der Waals surface area contributed by atoms with Crippen molar-refractivity contribution in [3.8, 4) is 17.4 Å². The molecule has 0 radical (unpaired) electrons. The second-order valence-corrected chi connectivity index (χ2v) is 8.79. The highest BCUT2D eigenvalue weighted by Crippen LogP contribution is 2.31. The maximum atomic E-state index is 12.9. The van der Waals surface area contributed by atoms with Crippen molar-refractivity contribution in [2.24, 2.45) is 0 Å². The minimum absolute atomic E-state index is 0.0346. The molecule has 1 fully saturated rings. The lowest BCUT2D eigenvalue weighted by atomic mass is 10.1. The minimum atomic E-state index is 0.0346. The van der Waals surface area contributed by atoms with E-state index in [0.29, 0.717) is 32.1 Å². The lowest BCUT2D eigenvalue weighted by Gasteiger charge is -2.31. The molecule has 1 atom stereocenters. The topological polar surface area (TPSA) is 94.4 Å². The Balaban J connectivity index is 1.27. The number of hydrogen-bond acceptors (Lipinski definition) is 7. The number of anilines is 1. The average molecular weight is 463 g/mol. The number of fused-ring (bicyclic) bond motifs is 1. The van der Waals surface area contributed by atoms with E-state index < -0.39 is 0 Å². The number of imidazole rings is 1. The number of nitrogens with zero attached hydrogens (tertiary/aromatic N) is 5. The van der Waals surface area contributed by atoms with Gasteiger partial charge in [-0.3, -0.25) is 9.36 Å². The maximum absolute atomic E-state index is 12.9. The molecule has 34 heavy (non-hydrogen) atoms. The Morgan fingerprint density at radius 2 is 2.00 bits per heavy atom. The summed E-state index contributed by atoms with van der Waals surface area (Å²) in [5.74, 6) is 2.99. The molecule has 4 heterocycles. The molecular weight excluding hydrogens is 432 g/mol. The van der Waals surface area contributed by atoms with Gasteiger partial charge in [-0.2, -0.15) is 4.98 Å². The molecule has 1 saturated heterocycles. The molecule has 0 aliphatic carbocycles. The van der Waals surface area contributed by atoms with Crippen molar-refractivity contribution in [3.63, 3.8) is 0 Å². The molecule has 0 spiro atoms. The summed E-state index contributed by atoms with van der Waals surface area (Å²) in [6, 6.07) is 7.90. The van der Waals surface area contributed by atoms with Gasteiger partial charge in [0.15, 0.2) is 11.5 Å². The van der Waals surface area contributed by atoms with Crippen molar-refractivity contribution in [2.45, 2.75) is 51.6 Å². The van der Waals surface area contributed by atoms with Gasteiger partial charge in [-0.15, -0.1) is 0 Å². The summed E-state index contributed by atoms with van der Waals surface area (Å²) in [4.78, 5) is 28.7. The molecule has 0 saturated carbocycles. The maximum Gasteiger partial charge on any atom is 0.237 e. The van der Waals surface area contributed by atoms with Crippen LogP contribution in [-0.4, -0.2) is 51.2 Å². The quantitative estimate of drug-likeness (QED) is 0.601. The number of amides is 1. The number of carbonyl (C=O) groups is 1. The molecule has 2 aliphatic rings. The number of rotatable bonds is 6. The number of hydrogen-bond donors (Lipinski definition) is 1. The van der Waals surface area contributed by atoms with Crippen molar-refractivity contribution in [2.75, 3.05) is 24.7 Å². The Labute approximate surface area is 199 Å². The van der Waals surface area contributed by atoms with Gasteiger partial charge in [0.2, 0.25) is 11.9 Å². The number of aromatic nitrogens is 4. The van der Waals surface area contributed by atoms with Gasteiger partial charge in [0.25, 0.3) is 0 Å². The molecule has 9 nitrogen and oxygen atoms in total. The van der Waals surface area contributed by atoms with E-state index in [1.807, 2.05) is 42.0 Å². The third-order valence-corrected chi connectivity index (χ3v) is 6.25. The van der Waals surface area contributed by atoms with Gasteiger partial charge in [-0.1, -0.05) is 18.9 Å². The second kappa shape index (κ2) is 10.1. The van der Waals surface area contributed by atoms with Crippen LogP contribution in [0.1, 0.15) is 43.4 Å². The molecule has 178 valence electrons. The van der Waals surface area contributed by atoms with E-state index in [1.165, 1.54) is 0 Å². The van der Waals surface area contributed by atoms with Crippen LogP contribution in [0.4, 0.5) is 5.82 Å². The fourth-order valence-corrected chi connectivity index (χ4v) is 4.55.